The molecule has 2 heterocycles. The van der Waals surface area contributed by atoms with Gasteiger partial charge in [-0.05, 0) is 78.9 Å². The van der Waals surface area contributed by atoms with Crippen molar-refractivity contribution in [3.05, 3.63) is 24.0 Å². The van der Waals surface area contributed by atoms with E-state index in [1.165, 1.54) is 45.3 Å². The Kier molecular flexibility index (Phi) is 6.41. The second-order valence-corrected chi connectivity index (χ2v) is 11.9. The van der Waals surface area contributed by atoms with Crippen molar-refractivity contribution in [2.45, 2.75) is 46.5 Å². The second-order valence-electron chi connectivity index (χ2n) is 11.9. The molecule has 5 rings (SSSR count). The molecular formula is C27H42FN3O. The SMILES string of the molecule is CC(C)(C)C1CCC(CN2CC3C(CNc4ccc(N5CCOCC5)c(F)c4)C3C2)CC1. The van der Waals surface area contributed by atoms with Crippen LogP contribution in [0, 0.1) is 40.8 Å². The van der Waals surface area contributed by atoms with Crippen molar-refractivity contribution in [3.63, 3.8) is 0 Å². The molecule has 4 fully saturated rings. The van der Waals surface area contributed by atoms with E-state index in [0.717, 1.165) is 54.9 Å². The number of benzene rings is 1. The first-order chi connectivity index (χ1) is 15.4. The standard InChI is InChI=1S/C27H42FN3O/c1-27(2,3)20-6-4-19(5-7-20)16-30-17-23-22(24(23)18-30)15-29-21-8-9-26(25(28)14-21)31-10-12-32-13-11-31/h8-9,14,19-20,22-24,29H,4-7,10-13,15-18H2,1-3H3. The molecule has 1 aromatic carbocycles. The minimum absolute atomic E-state index is 0.125. The highest BCUT2D eigenvalue weighted by molar-refractivity contribution is 5.56. The fourth-order valence-corrected chi connectivity index (χ4v) is 6.68. The van der Waals surface area contributed by atoms with Crippen molar-refractivity contribution >= 4 is 11.4 Å². The van der Waals surface area contributed by atoms with Gasteiger partial charge in [0.25, 0.3) is 0 Å². The Morgan fingerprint density at radius 1 is 1.03 bits per heavy atom. The Labute approximate surface area is 193 Å². The smallest absolute Gasteiger partial charge is 0.148 e. The zero-order valence-electron chi connectivity index (χ0n) is 20.3. The van der Waals surface area contributed by atoms with Crippen LogP contribution in [-0.2, 0) is 4.74 Å². The molecule has 1 N–H and O–H groups in total. The summed E-state index contributed by atoms with van der Waals surface area (Å²) in [5.74, 6) is 4.17. The minimum Gasteiger partial charge on any atom is -0.385 e. The Morgan fingerprint density at radius 3 is 2.34 bits per heavy atom. The van der Waals surface area contributed by atoms with Crippen LogP contribution >= 0.6 is 0 Å². The van der Waals surface area contributed by atoms with E-state index >= 15 is 0 Å². The van der Waals surface area contributed by atoms with Crippen LogP contribution < -0.4 is 10.2 Å². The lowest BCUT2D eigenvalue weighted by Gasteiger charge is -2.38. The van der Waals surface area contributed by atoms with Gasteiger partial charge in [0.05, 0.1) is 18.9 Å². The summed E-state index contributed by atoms with van der Waals surface area (Å²) in [4.78, 5) is 4.82. The summed E-state index contributed by atoms with van der Waals surface area (Å²) in [6.07, 6.45) is 5.68. The topological polar surface area (TPSA) is 27.7 Å². The van der Waals surface area contributed by atoms with Crippen LogP contribution in [0.15, 0.2) is 18.2 Å². The summed E-state index contributed by atoms with van der Waals surface area (Å²) in [6.45, 7) is 15.0. The lowest BCUT2D eigenvalue weighted by Crippen LogP contribution is -2.36. The number of morpholine rings is 1. The normalized spacial score (nSPS) is 33.2. The van der Waals surface area contributed by atoms with Crippen LogP contribution in [0.5, 0.6) is 0 Å². The molecule has 2 aliphatic heterocycles. The van der Waals surface area contributed by atoms with E-state index in [1.54, 1.807) is 6.07 Å². The largest absolute Gasteiger partial charge is 0.385 e. The van der Waals surface area contributed by atoms with E-state index < -0.39 is 0 Å². The maximum Gasteiger partial charge on any atom is 0.148 e. The average molecular weight is 444 g/mol. The molecule has 4 nitrogen and oxygen atoms in total. The van der Waals surface area contributed by atoms with Gasteiger partial charge in [0.15, 0.2) is 0 Å². The van der Waals surface area contributed by atoms with Gasteiger partial charge in [0.1, 0.15) is 5.82 Å². The Balaban J connectivity index is 1.03. The number of ether oxygens (including phenoxy) is 1. The highest BCUT2D eigenvalue weighted by Crippen LogP contribution is 2.52. The Bertz CT molecular complexity index is 768. The molecule has 5 heteroatoms. The Morgan fingerprint density at radius 2 is 1.72 bits per heavy atom. The van der Waals surface area contributed by atoms with Gasteiger partial charge in [-0.3, -0.25) is 0 Å². The van der Waals surface area contributed by atoms with Crippen molar-refractivity contribution in [2.75, 3.05) is 62.7 Å². The van der Waals surface area contributed by atoms with E-state index in [4.69, 9.17) is 4.74 Å². The van der Waals surface area contributed by atoms with Gasteiger partial charge in [0.2, 0.25) is 0 Å². The summed E-state index contributed by atoms with van der Waals surface area (Å²) in [5.41, 5.74) is 2.10. The maximum atomic E-state index is 14.6. The predicted molar refractivity (Wildman–Crippen MR) is 130 cm³/mol. The molecule has 2 atom stereocenters. The third kappa shape index (κ3) is 4.94. The average Bonchev–Trinajstić information content (AvgIpc) is 3.23. The van der Waals surface area contributed by atoms with Crippen LogP contribution in [0.2, 0.25) is 0 Å². The highest BCUT2D eigenvalue weighted by Gasteiger charge is 2.55. The van der Waals surface area contributed by atoms with E-state index in [2.05, 4.69) is 35.9 Å². The molecule has 2 saturated heterocycles. The lowest BCUT2D eigenvalue weighted by molar-refractivity contribution is 0.122. The van der Waals surface area contributed by atoms with Crippen LogP contribution in [0.4, 0.5) is 15.8 Å². The van der Waals surface area contributed by atoms with Crippen LogP contribution in [-0.4, -0.2) is 57.4 Å². The maximum absolute atomic E-state index is 14.6. The molecule has 4 aliphatic rings. The number of halogens is 1. The molecule has 1 aromatic rings. The third-order valence-corrected chi connectivity index (χ3v) is 8.88. The summed E-state index contributed by atoms with van der Waals surface area (Å²) < 4.78 is 20.0. The molecule has 2 saturated carbocycles. The van der Waals surface area contributed by atoms with Gasteiger partial charge in [0, 0.05) is 45.0 Å². The number of fused-ring (bicyclic) bond motifs is 1. The molecule has 2 aliphatic carbocycles. The molecule has 0 amide bonds. The molecule has 0 spiro atoms. The molecule has 0 aromatic heterocycles. The minimum atomic E-state index is -0.125. The van der Waals surface area contributed by atoms with Gasteiger partial charge in [-0.25, -0.2) is 4.39 Å². The third-order valence-electron chi connectivity index (χ3n) is 8.88. The number of hydrogen-bond acceptors (Lipinski definition) is 4. The van der Waals surface area contributed by atoms with Crippen molar-refractivity contribution in [2.24, 2.45) is 35.0 Å². The second kappa shape index (κ2) is 9.13. The summed E-state index contributed by atoms with van der Waals surface area (Å²) >= 11 is 0. The highest BCUT2D eigenvalue weighted by atomic mass is 19.1. The Hall–Kier alpha value is -1.33. The van der Waals surface area contributed by atoms with Crippen LogP contribution in [0.1, 0.15) is 46.5 Å². The fourth-order valence-electron chi connectivity index (χ4n) is 6.68. The zero-order valence-corrected chi connectivity index (χ0v) is 20.3. The first-order valence-corrected chi connectivity index (χ1v) is 13.0. The van der Waals surface area contributed by atoms with Gasteiger partial charge in [-0.1, -0.05) is 20.8 Å². The van der Waals surface area contributed by atoms with Crippen molar-refractivity contribution in [1.82, 2.24) is 4.90 Å². The quantitative estimate of drug-likeness (QED) is 0.662. The molecule has 32 heavy (non-hydrogen) atoms. The van der Waals surface area contributed by atoms with Crippen LogP contribution in [0.3, 0.4) is 0 Å². The first-order valence-electron chi connectivity index (χ1n) is 13.0. The van der Waals surface area contributed by atoms with E-state index in [-0.39, 0.29) is 5.82 Å². The fraction of sp³-hybridized carbons (Fsp3) is 0.778. The monoisotopic (exact) mass is 443 g/mol. The van der Waals surface area contributed by atoms with Gasteiger partial charge in [-0.2, -0.15) is 0 Å². The number of anilines is 2. The molecule has 178 valence electrons. The number of nitrogens with one attached hydrogen (secondary N) is 1. The first kappa shape index (κ1) is 22.5. The molecule has 0 radical (unpaired) electrons. The predicted octanol–water partition coefficient (Wildman–Crippen LogP) is 5.10. The van der Waals surface area contributed by atoms with Gasteiger partial charge < -0.3 is 19.9 Å². The van der Waals surface area contributed by atoms with E-state index in [0.29, 0.717) is 24.3 Å². The molecule has 2 unspecified atom stereocenters. The van der Waals surface area contributed by atoms with Gasteiger partial charge >= 0.3 is 0 Å². The number of rotatable bonds is 6. The van der Waals surface area contributed by atoms with Crippen molar-refractivity contribution in [3.8, 4) is 0 Å². The lowest BCUT2D eigenvalue weighted by atomic mass is 9.70. The van der Waals surface area contributed by atoms with Crippen molar-refractivity contribution in [1.29, 1.82) is 0 Å². The number of hydrogen-bond donors (Lipinski definition) is 1. The van der Waals surface area contributed by atoms with Crippen molar-refractivity contribution < 1.29 is 9.13 Å². The molecule has 0 bridgehead atoms. The van der Waals surface area contributed by atoms with E-state index in [9.17, 15) is 4.39 Å². The summed E-state index contributed by atoms with van der Waals surface area (Å²) in [7, 11) is 0. The summed E-state index contributed by atoms with van der Waals surface area (Å²) in [6, 6.07) is 5.63. The number of nitrogens with zero attached hydrogens (tertiary/aromatic N) is 2. The number of likely N-dealkylation sites (tertiary alicyclic amines) is 1. The molecular weight excluding hydrogens is 401 g/mol. The number of piperidine rings is 1. The zero-order chi connectivity index (χ0) is 22.3. The van der Waals surface area contributed by atoms with Crippen LogP contribution in [0.25, 0.3) is 0 Å². The van der Waals surface area contributed by atoms with Gasteiger partial charge in [-0.15, -0.1) is 0 Å². The summed E-state index contributed by atoms with van der Waals surface area (Å²) in [5, 5.41) is 3.52. The van der Waals surface area contributed by atoms with E-state index in [1.807, 2.05) is 12.1 Å².